The van der Waals surface area contributed by atoms with Gasteiger partial charge in [0.1, 0.15) is 17.3 Å². The lowest BCUT2D eigenvalue weighted by Gasteiger charge is -2.11. The second kappa shape index (κ2) is 7.78. The minimum absolute atomic E-state index is 0.1000. The number of carbonyl (C=O) groups excluding carboxylic acids is 2. The van der Waals surface area contributed by atoms with Crippen molar-refractivity contribution in [2.45, 2.75) is 20.8 Å². The minimum Gasteiger partial charge on any atom is -0.423 e. The number of aryl methyl sites for hydroxylation is 1. The molecule has 0 radical (unpaired) electrons. The van der Waals surface area contributed by atoms with Gasteiger partial charge in [0.2, 0.25) is 0 Å². The van der Waals surface area contributed by atoms with Crippen LogP contribution in [0.2, 0.25) is 0 Å². The molecule has 0 spiro atoms. The van der Waals surface area contributed by atoms with Crippen LogP contribution in [0.3, 0.4) is 0 Å². The van der Waals surface area contributed by atoms with Gasteiger partial charge in [-0.25, -0.2) is 14.0 Å². The van der Waals surface area contributed by atoms with E-state index in [2.05, 4.69) is 13.2 Å². The number of carbonyl (C=O) groups is 2. The fraction of sp³-hybridized carbons (Fsp3) is 0.143. The second-order valence-corrected chi connectivity index (χ2v) is 5.96. The smallest absolute Gasteiger partial charge is 0.338 e. The van der Waals surface area contributed by atoms with Gasteiger partial charge in [-0.15, -0.1) is 0 Å². The van der Waals surface area contributed by atoms with Crippen molar-refractivity contribution in [3.63, 3.8) is 0 Å². The summed E-state index contributed by atoms with van der Waals surface area (Å²) in [5.74, 6) is -1.19. The molecule has 2 rings (SSSR count). The Labute approximate surface area is 151 Å². The number of benzene rings is 2. The number of hydrogen-bond donors (Lipinski definition) is 0. The van der Waals surface area contributed by atoms with Crippen LogP contribution >= 0.6 is 0 Å². The van der Waals surface area contributed by atoms with E-state index in [0.29, 0.717) is 28.0 Å². The molecule has 0 aromatic heterocycles. The number of halogens is 1. The SMILES string of the molecule is C=C(C)C(=O)Oc1ccc(-c2ccc(OC(=O)C(=C)C)c(C)c2)c(F)c1. The third kappa shape index (κ3) is 4.45. The van der Waals surface area contributed by atoms with Crippen molar-refractivity contribution >= 4 is 11.9 Å². The minimum atomic E-state index is -0.614. The molecule has 0 fully saturated rings. The Morgan fingerprint density at radius 3 is 2.08 bits per heavy atom. The van der Waals surface area contributed by atoms with Crippen molar-refractivity contribution in [2.75, 3.05) is 0 Å². The van der Waals surface area contributed by atoms with Crippen molar-refractivity contribution < 1.29 is 23.5 Å². The first kappa shape index (κ1) is 19.1. The molecule has 0 aliphatic rings. The Hall–Kier alpha value is -3.21. The molecule has 0 aliphatic carbocycles. The molecule has 0 N–H and O–H groups in total. The molecule has 0 saturated heterocycles. The zero-order valence-corrected chi connectivity index (χ0v) is 14.9. The largest absolute Gasteiger partial charge is 0.423 e. The van der Waals surface area contributed by atoms with Gasteiger partial charge in [-0.2, -0.15) is 0 Å². The summed E-state index contributed by atoms with van der Waals surface area (Å²) in [6.07, 6.45) is 0. The van der Waals surface area contributed by atoms with E-state index in [4.69, 9.17) is 9.47 Å². The first-order chi connectivity index (χ1) is 12.2. The lowest BCUT2D eigenvalue weighted by atomic mass is 10.0. The molecule has 0 amide bonds. The maximum absolute atomic E-state index is 14.4. The van der Waals surface area contributed by atoms with E-state index < -0.39 is 17.8 Å². The maximum atomic E-state index is 14.4. The maximum Gasteiger partial charge on any atom is 0.338 e. The highest BCUT2D eigenvalue weighted by Gasteiger charge is 2.13. The van der Waals surface area contributed by atoms with E-state index >= 15 is 0 Å². The second-order valence-electron chi connectivity index (χ2n) is 5.96. The molecule has 0 atom stereocenters. The normalized spacial score (nSPS) is 10.2. The highest BCUT2D eigenvalue weighted by atomic mass is 19.1. The zero-order valence-electron chi connectivity index (χ0n) is 14.9. The lowest BCUT2D eigenvalue weighted by molar-refractivity contribution is -0.131. The van der Waals surface area contributed by atoms with Crippen LogP contribution in [-0.4, -0.2) is 11.9 Å². The van der Waals surface area contributed by atoms with Gasteiger partial charge in [-0.3, -0.25) is 0 Å². The quantitative estimate of drug-likeness (QED) is 0.441. The van der Waals surface area contributed by atoms with E-state index in [0.717, 1.165) is 6.07 Å². The van der Waals surface area contributed by atoms with Crippen LogP contribution in [0.1, 0.15) is 19.4 Å². The highest BCUT2D eigenvalue weighted by molar-refractivity contribution is 5.89. The summed E-state index contributed by atoms with van der Waals surface area (Å²) in [6.45, 7) is 11.8. The summed E-state index contributed by atoms with van der Waals surface area (Å²) >= 11 is 0. The summed E-state index contributed by atoms with van der Waals surface area (Å²) in [6, 6.07) is 9.11. The third-order valence-electron chi connectivity index (χ3n) is 3.54. The third-order valence-corrected chi connectivity index (χ3v) is 3.54. The molecule has 134 valence electrons. The molecule has 2 aromatic rings. The van der Waals surface area contributed by atoms with E-state index in [1.165, 1.54) is 19.1 Å². The molecule has 0 heterocycles. The monoisotopic (exact) mass is 354 g/mol. The van der Waals surface area contributed by atoms with E-state index in [9.17, 15) is 14.0 Å². The Morgan fingerprint density at radius 2 is 1.54 bits per heavy atom. The number of esters is 2. The number of ether oxygens (including phenoxy) is 2. The van der Waals surface area contributed by atoms with Crippen LogP contribution in [-0.2, 0) is 9.59 Å². The van der Waals surface area contributed by atoms with Crippen LogP contribution in [0.15, 0.2) is 60.7 Å². The Bertz CT molecular complexity index is 912. The van der Waals surface area contributed by atoms with Gasteiger partial charge in [-0.05, 0) is 56.2 Å². The molecule has 26 heavy (non-hydrogen) atoms. The van der Waals surface area contributed by atoms with Gasteiger partial charge >= 0.3 is 11.9 Å². The van der Waals surface area contributed by atoms with Crippen LogP contribution in [0.4, 0.5) is 4.39 Å². The van der Waals surface area contributed by atoms with Crippen LogP contribution in [0, 0.1) is 12.7 Å². The average molecular weight is 354 g/mol. The van der Waals surface area contributed by atoms with Crippen molar-refractivity contribution in [3.8, 4) is 22.6 Å². The predicted octanol–water partition coefficient (Wildman–Crippen LogP) is 4.76. The van der Waals surface area contributed by atoms with Gasteiger partial charge in [0.15, 0.2) is 0 Å². The zero-order chi connectivity index (χ0) is 19.4. The van der Waals surface area contributed by atoms with Crippen molar-refractivity contribution in [3.05, 3.63) is 72.1 Å². The molecular weight excluding hydrogens is 335 g/mol. The van der Waals surface area contributed by atoms with Crippen LogP contribution in [0.5, 0.6) is 11.5 Å². The average Bonchev–Trinajstić information content (AvgIpc) is 2.56. The standard InChI is InChI=1S/C21H19FO4/c1-12(2)20(23)25-16-7-8-17(18(22)11-16)15-6-9-19(14(5)10-15)26-21(24)13(3)4/h6-11H,1,3H2,2,4-5H3. The highest BCUT2D eigenvalue weighted by Crippen LogP contribution is 2.30. The van der Waals surface area contributed by atoms with Crippen molar-refractivity contribution in [1.82, 2.24) is 0 Å². The molecule has 0 unspecified atom stereocenters. The summed E-state index contributed by atoms with van der Waals surface area (Å²) < 4.78 is 24.7. The van der Waals surface area contributed by atoms with Crippen LogP contribution in [0.25, 0.3) is 11.1 Å². The number of hydrogen-bond acceptors (Lipinski definition) is 4. The summed E-state index contributed by atoms with van der Waals surface area (Å²) in [4.78, 5) is 23.1. The summed E-state index contributed by atoms with van der Waals surface area (Å²) in [5, 5.41) is 0. The summed E-state index contributed by atoms with van der Waals surface area (Å²) in [7, 11) is 0. The molecule has 5 heteroatoms. The molecule has 4 nitrogen and oxygen atoms in total. The van der Waals surface area contributed by atoms with E-state index in [1.807, 2.05) is 0 Å². The lowest BCUT2D eigenvalue weighted by Crippen LogP contribution is -2.09. The fourth-order valence-electron chi connectivity index (χ4n) is 2.11. The van der Waals surface area contributed by atoms with Gasteiger partial charge < -0.3 is 9.47 Å². The fourth-order valence-corrected chi connectivity index (χ4v) is 2.11. The Morgan fingerprint density at radius 1 is 0.923 bits per heavy atom. The van der Waals surface area contributed by atoms with Gasteiger partial charge in [0, 0.05) is 22.8 Å². The molecule has 2 aromatic carbocycles. The van der Waals surface area contributed by atoms with E-state index in [-0.39, 0.29) is 11.3 Å². The first-order valence-corrected chi connectivity index (χ1v) is 7.85. The van der Waals surface area contributed by atoms with Gasteiger partial charge in [0.25, 0.3) is 0 Å². The van der Waals surface area contributed by atoms with Crippen molar-refractivity contribution in [1.29, 1.82) is 0 Å². The van der Waals surface area contributed by atoms with Gasteiger partial charge in [0.05, 0.1) is 0 Å². The summed E-state index contributed by atoms with van der Waals surface area (Å²) in [5.41, 5.74) is 2.13. The molecule has 0 bridgehead atoms. The first-order valence-electron chi connectivity index (χ1n) is 7.85. The Kier molecular flexibility index (Phi) is 5.72. The number of rotatable bonds is 5. The topological polar surface area (TPSA) is 52.6 Å². The molecule has 0 aliphatic heterocycles. The van der Waals surface area contributed by atoms with Crippen LogP contribution < -0.4 is 9.47 Å². The Balaban J connectivity index is 2.27. The van der Waals surface area contributed by atoms with Gasteiger partial charge in [-0.1, -0.05) is 19.2 Å². The van der Waals surface area contributed by atoms with Crippen molar-refractivity contribution in [2.24, 2.45) is 0 Å². The predicted molar refractivity (Wildman–Crippen MR) is 97.5 cm³/mol. The molecular formula is C21H19FO4. The molecule has 0 saturated carbocycles. The van der Waals surface area contributed by atoms with E-state index in [1.54, 1.807) is 32.0 Å².